The van der Waals surface area contributed by atoms with Crippen LogP contribution in [0, 0.1) is 0 Å². The van der Waals surface area contributed by atoms with Gasteiger partial charge in [-0.3, -0.25) is 8.61 Å². The second kappa shape index (κ2) is 17.1. The van der Waals surface area contributed by atoms with Crippen molar-refractivity contribution in [1.82, 2.24) is 0 Å². The van der Waals surface area contributed by atoms with Gasteiger partial charge in [0.15, 0.2) is 20.6 Å². The van der Waals surface area contributed by atoms with Gasteiger partial charge in [0.05, 0.1) is 22.7 Å². The largest absolute Gasteiger partial charge is 2.00 e. The Bertz CT molecular complexity index is 1200. The standard InChI is InChI=1S/2C14H22N2O3S.Ca/c2*1-2-3-4-5-6-11-14-15-12-9-7-8-10-13(12)16(14)20(17,18)19;/h2*7-10,14-15H,2-6,11H2,1H3,(H,17,18,19);/q;;+2/p-2. The first kappa shape index (κ1) is 35.9. The van der Waals surface area contributed by atoms with Gasteiger partial charge in [0, 0.05) is 0 Å². The molecule has 10 nitrogen and oxygen atoms in total. The Labute approximate surface area is 276 Å². The van der Waals surface area contributed by atoms with Gasteiger partial charge < -0.3 is 19.7 Å². The second-order valence-electron chi connectivity index (χ2n) is 10.3. The Morgan fingerprint density at radius 3 is 1.29 bits per heavy atom. The summed E-state index contributed by atoms with van der Waals surface area (Å²) in [5.74, 6) is 0. The van der Waals surface area contributed by atoms with Gasteiger partial charge in [-0.2, -0.15) is 0 Å². The van der Waals surface area contributed by atoms with E-state index in [0.717, 1.165) is 47.1 Å². The predicted molar refractivity (Wildman–Crippen MR) is 165 cm³/mol. The van der Waals surface area contributed by atoms with Crippen LogP contribution in [0.3, 0.4) is 0 Å². The zero-order valence-electron chi connectivity index (χ0n) is 24.1. The van der Waals surface area contributed by atoms with Gasteiger partial charge in [0.25, 0.3) is 0 Å². The van der Waals surface area contributed by atoms with Crippen LogP contribution in [0.5, 0.6) is 0 Å². The number of nitrogens with one attached hydrogen (secondary N) is 2. The molecule has 0 saturated carbocycles. The predicted octanol–water partition coefficient (Wildman–Crippen LogP) is 5.75. The first-order valence-corrected chi connectivity index (χ1v) is 17.0. The van der Waals surface area contributed by atoms with Gasteiger partial charge in [-0.25, -0.2) is 16.8 Å². The van der Waals surface area contributed by atoms with E-state index in [4.69, 9.17) is 0 Å². The molecule has 0 bridgehead atoms. The summed E-state index contributed by atoms with van der Waals surface area (Å²) in [6.45, 7) is 4.31. The van der Waals surface area contributed by atoms with Crippen molar-refractivity contribution in [2.45, 2.75) is 103 Å². The Hall–Kier alpha value is -1.28. The minimum absolute atomic E-state index is 0. The van der Waals surface area contributed by atoms with Gasteiger partial charge in [-0.15, -0.1) is 0 Å². The van der Waals surface area contributed by atoms with E-state index in [1.807, 2.05) is 12.1 Å². The molecule has 4 rings (SSSR count). The minimum Gasteiger partial charge on any atom is -0.731 e. The molecule has 2 aliphatic heterocycles. The molecule has 2 aromatic carbocycles. The van der Waals surface area contributed by atoms with Gasteiger partial charge >= 0.3 is 37.7 Å². The Morgan fingerprint density at radius 1 is 0.610 bits per heavy atom. The first-order valence-electron chi connectivity index (χ1n) is 14.3. The normalized spacial score (nSPS) is 17.5. The maximum Gasteiger partial charge on any atom is 2.00 e. The maximum absolute atomic E-state index is 11.5. The number of anilines is 4. The van der Waals surface area contributed by atoms with E-state index in [1.165, 1.54) is 25.7 Å². The summed E-state index contributed by atoms with van der Waals surface area (Å²) < 4.78 is 70.8. The van der Waals surface area contributed by atoms with E-state index in [9.17, 15) is 25.9 Å². The molecular formula is C28H42CaN4O6S2. The molecule has 0 amide bonds. The third-order valence-electron chi connectivity index (χ3n) is 7.14. The van der Waals surface area contributed by atoms with Crippen LogP contribution >= 0.6 is 0 Å². The number of unbranched alkanes of at least 4 members (excludes halogenated alkanes) is 8. The zero-order chi connectivity index (χ0) is 29.2. The molecule has 2 N–H and O–H groups in total. The van der Waals surface area contributed by atoms with Crippen molar-refractivity contribution in [3.63, 3.8) is 0 Å². The molecule has 13 heteroatoms. The van der Waals surface area contributed by atoms with Gasteiger partial charge in [-0.05, 0) is 49.9 Å². The summed E-state index contributed by atoms with van der Waals surface area (Å²) in [6, 6.07) is 14.0. The fourth-order valence-corrected chi connectivity index (χ4v) is 6.94. The number of benzene rings is 2. The molecule has 0 aliphatic carbocycles. The van der Waals surface area contributed by atoms with Crippen molar-refractivity contribution in [2.75, 3.05) is 19.2 Å². The van der Waals surface area contributed by atoms with Crippen LogP contribution < -0.4 is 19.2 Å². The van der Waals surface area contributed by atoms with E-state index in [0.29, 0.717) is 35.6 Å². The monoisotopic (exact) mass is 634 g/mol. The molecule has 224 valence electrons. The topological polar surface area (TPSA) is 145 Å². The van der Waals surface area contributed by atoms with Crippen LogP contribution in [0.1, 0.15) is 90.9 Å². The van der Waals surface area contributed by atoms with Crippen LogP contribution in [0.4, 0.5) is 22.7 Å². The third kappa shape index (κ3) is 10.4. The molecule has 0 spiro atoms. The summed E-state index contributed by atoms with van der Waals surface area (Å²) in [7, 11) is -8.98. The van der Waals surface area contributed by atoms with Crippen LogP contribution in [0.2, 0.25) is 0 Å². The van der Waals surface area contributed by atoms with Crippen LogP contribution in [0.25, 0.3) is 0 Å². The van der Waals surface area contributed by atoms with Crippen molar-refractivity contribution in [3.8, 4) is 0 Å². The molecule has 0 radical (unpaired) electrons. The fourth-order valence-electron chi connectivity index (χ4n) is 5.20. The van der Waals surface area contributed by atoms with Crippen molar-refractivity contribution in [3.05, 3.63) is 48.5 Å². The van der Waals surface area contributed by atoms with Gasteiger partial charge in [0.2, 0.25) is 0 Å². The summed E-state index contributed by atoms with van der Waals surface area (Å²) in [5, 5.41) is 6.26. The molecule has 2 atom stereocenters. The van der Waals surface area contributed by atoms with E-state index in [2.05, 4.69) is 24.5 Å². The molecule has 0 aromatic heterocycles. The molecule has 2 heterocycles. The van der Waals surface area contributed by atoms with E-state index in [-0.39, 0.29) is 37.7 Å². The number of nitrogens with zero attached hydrogens (tertiary/aromatic N) is 2. The second-order valence-corrected chi connectivity index (χ2v) is 12.8. The van der Waals surface area contributed by atoms with Gasteiger partial charge in [-0.1, -0.05) is 89.5 Å². The summed E-state index contributed by atoms with van der Waals surface area (Å²) >= 11 is 0. The smallest absolute Gasteiger partial charge is 0.731 e. The Balaban J connectivity index is 0.000000280. The number of fused-ring (bicyclic) bond motifs is 2. The van der Waals surface area contributed by atoms with Crippen LogP contribution in [-0.4, -0.2) is 76.0 Å². The Kier molecular flexibility index (Phi) is 15.0. The van der Waals surface area contributed by atoms with Gasteiger partial charge in [0.1, 0.15) is 12.3 Å². The average molecular weight is 635 g/mol. The van der Waals surface area contributed by atoms with Crippen molar-refractivity contribution in [2.24, 2.45) is 0 Å². The molecule has 2 aromatic rings. The molecule has 2 unspecified atom stereocenters. The number of rotatable bonds is 14. The quantitative estimate of drug-likeness (QED) is 0.152. The van der Waals surface area contributed by atoms with E-state index in [1.54, 1.807) is 36.4 Å². The molecule has 0 fully saturated rings. The molecule has 41 heavy (non-hydrogen) atoms. The molecule has 0 saturated heterocycles. The van der Waals surface area contributed by atoms with Crippen LogP contribution in [0.15, 0.2) is 48.5 Å². The zero-order valence-corrected chi connectivity index (χ0v) is 28.0. The van der Waals surface area contributed by atoms with Crippen LogP contribution in [-0.2, 0) is 20.6 Å². The van der Waals surface area contributed by atoms with E-state index < -0.39 is 32.9 Å². The third-order valence-corrected chi connectivity index (χ3v) is 9.00. The SMILES string of the molecule is CCCCCCCC1Nc2ccccc2N1S(=O)(=O)[O-].CCCCCCCC1Nc2ccccc2N1S(=O)(=O)[O-].[Ca+2]. The fraction of sp³-hybridized carbons (Fsp3) is 0.571. The molecular weight excluding hydrogens is 593 g/mol. The number of para-hydroxylation sites is 4. The molecule has 2 aliphatic rings. The average Bonchev–Trinajstić information content (AvgIpc) is 3.47. The minimum atomic E-state index is -4.49. The summed E-state index contributed by atoms with van der Waals surface area (Å²) in [4.78, 5) is 0. The maximum atomic E-state index is 11.5. The number of hydrogen-bond acceptors (Lipinski definition) is 8. The van der Waals surface area contributed by atoms with Crippen molar-refractivity contribution in [1.29, 1.82) is 0 Å². The number of hydrogen-bond donors (Lipinski definition) is 2. The van der Waals surface area contributed by atoms with Crippen molar-refractivity contribution >= 4 is 81.1 Å². The first-order chi connectivity index (χ1) is 19.1. The van der Waals surface area contributed by atoms with Crippen molar-refractivity contribution < 1.29 is 25.9 Å². The van der Waals surface area contributed by atoms with E-state index >= 15 is 0 Å². The summed E-state index contributed by atoms with van der Waals surface area (Å²) in [5.41, 5.74) is 2.35. The Morgan fingerprint density at radius 2 is 0.951 bits per heavy atom. The summed E-state index contributed by atoms with van der Waals surface area (Å²) in [6.07, 6.45) is 11.4.